The third kappa shape index (κ3) is 11.9. The highest BCUT2D eigenvalue weighted by Crippen LogP contribution is 2.29. The van der Waals surface area contributed by atoms with Gasteiger partial charge in [0.25, 0.3) is 0 Å². The second kappa shape index (κ2) is 16.7. The summed E-state index contributed by atoms with van der Waals surface area (Å²) in [4.78, 5) is 49.5. The number of aliphatic hydroxyl groups is 1. The lowest BCUT2D eigenvalue weighted by atomic mass is 9.98. The number of rotatable bonds is 15. The van der Waals surface area contributed by atoms with E-state index in [-0.39, 0.29) is 12.5 Å². The number of carbonyl (C=O) groups is 4. The van der Waals surface area contributed by atoms with E-state index in [0.717, 1.165) is 33.6 Å². The maximum atomic E-state index is 11.9. The first-order chi connectivity index (χ1) is 16.7. The largest absolute Gasteiger partial charge is 0.456 e. The van der Waals surface area contributed by atoms with Gasteiger partial charge >= 0.3 is 17.9 Å². The van der Waals surface area contributed by atoms with Crippen LogP contribution in [0.4, 0.5) is 0 Å². The normalized spacial score (nSPS) is 23.5. The average molecular weight is 503 g/mol. The van der Waals surface area contributed by atoms with Crippen LogP contribution in [0.3, 0.4) is 0 Å². The molecule has 3 unspecified atom stereocenters. The Kier molecular flexibility index (Phi) is 14.3. The molecule has 0 spiro atoms. The van der Waals surface area contributed by atoms with Crippen molar-refractivity contribution in [3.63, 3.8) is 0 Å². The Hall–Kier alpha value is -2.93. The van der Waals surface area contributed by atoms with Crippen LogP contribution >= 0.6 is 0 Å². The number of aliphatic hydroxyl groups excluding tert-OH is 1. The van der Waals surface area contributed by atoms with Crippen molar-refractivity contribution in [2.75, 3.05) is 26.3 Å². The minimum atomic E-state index is -1.27. The van der Waals surface area contributed by atoms with Crippen LogP contribution in [0.1, 0.15) is 52.9 Å². The molecule has 1 saturated heterocycles. The molecule has 0 aliphatic carbocycles. The standard InChI is InChI=1S/C21H34N4O10/c1-13(27)32-18-16(12-26)35-21(20(34-15(3)29)19(18)33-14(2)28)31-11-7-9-23-17(30)8-5-4-6-10-24-25-22/h16,18-21,26H,4-12H2,1-3H3,(H,23,30)/t16?,18-,19?,20?,21+/m0/s1. The summed E-state index contributed by atoms with van der Waals surface area (Å²) in [5, 5.41) is 15.9. The van der Waals surface area contributed by atoms with Crippen LogP contribution in [0.5, 0.6) is 0 Å². The predicted molar refractivity (Wildman–Crippen MR) is 118 cm³/mol. The molecule has 1 heterocycles. The maximum absolute atomic E-state index is 11.9. The van der Waals surface area contributed by atoms with E-state index in [1.165, 1.54) is 0 Å². The molecule has 14 heteroatoms. The second-order valence-electron chi connectivity index (χ2n) is 7.79. The summed E-state index contributed by atoms with van der Waals surface area (Å²) in [6, 6.07) is 0. The van der Waals surface area contributed by atoms with E-state index < -0.39 is 55.2 Å². The van der Waals surface area contributed by atoms with Crippen molar-refractivity contribution >= 4 is 23.8 Å². The van der Waals surface area contributed by atoms with Gasteiger partial charge in [0, 0.05) is 45.2 Å². The topological polar surface area (TPSA) is 195 Å². The molecule has 0 aromatic rings. The molecule has 1 fully saturated rings. The molecule has 0 aromatic carbocycles. The van der Waals surface area contributed by atoms with E-state index in [4.69, 9.17) is 29.2 Å². The Balaban J connectivity index is 2.63. The molecule has 1 rings (SSSR count). The van der Waals surface area contributed by atoms with Crippen molar-refractivity contribution < 1.29 is 48.0 Å². The number of azide groups is 1. The van der Waals surface area contributed by atoms with Gasteiger partial charge in [-0.25, -0.2) is 0 Å². The number of hydrogen-bond donors (Lipinski definition) is 2. The molecule has 1 aliphatic heterocycles. The van der Waals surface area contributed by atoms with E-state index in [9.17, 15) is 24.3 Å². The van der Waals surface area contributed by atoms with Gasteiger partial charge in [-0.05, 0) is 24.8 Å². The summed E-state index contributed by atoms with van der Waals surface area (Å²) < 4.78 is 27.0. The summed E-state index contributed by atoms with van der Waals surface area (Å²) in [5.41, 5.74) is 8.21. The second-order valence-corrected chi connectivity index (χ2v) is 7.79. The Morgan fingerprint density at radius 3 is 2.17 bits per heavy atom. The molecule has 0 bridgehead atoms. The molecule has 198 valence electrons. The van der Waals surface area contributed by atoms with E-state index in [1.54, 1.807) is 0 Å². The van der Waals surface area contributed by atoms with E-state index in [2.05, 4.69) is 15.3 Å². The van der Waals surface area contributed by atoms with Gasteiger partial charge in [0.15, 0.2) is 24.6 Å². The highest BCUT2D eigenvalue weighted by Gasteiger charge is 2.52. The maximum Gasteiger partial charge on any atom is 0.303 e. The first kappa shape index (κ1) is 30.1. The Morgan fingerprint density at radius 2 is 1.57 bits per heavy atom. The van der Waals surface area contributed by atoms with Crippen molar-refractivity contribution in [1.82, 2.24) is 5.32 Å². The molecule has 0 saturated carbocycles. The van der Waals surface area contributed by atoms with Crippen molar-refractivity contribution in [3.05, 3.63) is 10.4 Å². The molecule has 1 aliphatic rings. The van der Waals surface area contributed by atoms with Gasteiger partial charge in [-0.1, -0.05) is 11.5 Å². The zero-order valence-electron chi connectivity index (χ0n) is 20.2. The number of amides is 1. The van der Waals surface area contributed by atoms with Crippen LogP contribution < -0.4 is 5.32 Å². The predicted octanol–water partition coefficient (Wildman–Crippen LogP) is 0.892. The molecular formula is C21H34N4O10. The molecule has 0 aromatic heterocycles. The van der Waals surface area contributed by atoms with Gasteiger partial charge in [-0.3, -0.25) is 19.2 Å². The lowest BCUT2D eigenvalue weighted by Crippen LogP contribution is -2.62. The van der Waals surface area contributed by atoms with Crippen molar-refractivity contribution in [2.45, 2.75) is 83.6 Å². The summed E-state index contributed by atoms with van der Waals surface area (Å²) in [5.74, 6) is -2.26. The van der Waals surface area contributed by atoms with Crippen LogP contribution in [0, 0.1) is 0 Å². The highest BCUT2D eigenvalue weighted by molar-refractivity contribution is 5.75. The summed E-state index contributed by atoms with van der Waals surface area (Å²) in [6.45, 7) is 3.64. The van der Waals surface area contributed by atoms with E-state index in [1.807, 2.05) is 0 Å². The van der Waals surface area contributed by atoms with Gasteiger partial charge in [0.05, 0.1) is 13.2 Å². The first-order valence-electron chi connectivity index (χ1n) is 11.4. The smallest absolute Gasteiger partial charge is 0.303 e. The number of unbranched alkanes of at least 4 members (excludes halogenated alkanes) is 2. The average Bonchev–Trinajstić information content (AvgIpc) is 2.78. The zero-order chi connectivity index (χ0) is 26.2. The van der Waals surface area contributed by atoms with Gasteiger partial charge < -0.3 is 34.1 Å². The first-order valence-corrected chi connectivity index (χ1v) is 11.4. The highest BCUT2D eigenvalue weighted by atomic mass is 16.7. The minimum absolute atomic E-state index is 0.0814. The number of carbonyl (C=O) groups excluding carboxylic acids is 4. The molecule has 5 atom stereocenters. The lowest BCUT2D eigenvalue weighted by molar-refractivity contribution is -0.307. The van der Waals surface area contributed by atoms with Crippen molar-refractivity contribution in [2.24, 2.45) is 5.11 Å². The van der Waals surface area contributed by atoms with Gasteiger partial charge in [0.1, 0.15) is 6.10 Å². The van der Waals surface area contributed by atoms with Crippen molar-refractivity contribution in [1.29, 1.82) is 0 Å². The van der Waals surface area contributed by atoms with Crippen LogP contribution in [0.2, 0.25) is 0 Å². The number of ether oxygens (including phenoxy) is 5. The monoisotopic (exact) mass is 502 g/mol. The summed E-state index contributed by atoms with van der Waals surface area (Å²) in [6.07, 6.45) is -3.17. The third-order valence-electron chi connectivity index (χ3n) is 4.83. The number of esters is 3. The SMILES string of the molecule is CC(=O)OC1C(OC(C)=O)[C@@H](OC(C)=O)C(CO)O[C@H]1OCCCNC(=O)CCCCCN=[N+]=[N-]. The van der Waals surface area contributed by atoms with Gasteiger partial charge in [0.2, 0.25) is 5.91 Å². The van der Waals surface area contributed by atoms with E-state index >= 15 is 0 Å². The van der Waals surface area contributed by atoms with E-state index in [0.29, 0.717) is 32.4 Å². The Morgan fingerprint density at radius 1 is 0.943 bits per heavy atom. The van der Waals surface area contributed by atoms with Crippen LogP contribution in [-0.2, 0) is 42.9 Å². The molecule has 2 N–H and O–H groups in total. The fourth-order valence-corrected chi connectivity index (χ4v) is 3.41. The molecule has 0 radical (unpaired) electrons. The molecule has 35 heavy (non-hydrogen) atoms. The summed E-state index contributed by atoms with van der Waals surface area (Å²) >= 11 is 0. The zero-order valence-corrected chi connectivity index (χ0v) is 20.2. The number of nitrogens with one attached hydrogen (secondary N) is 1. The number of hydrogen-bond acceptors (Lipinski definition) is 11. The van der Waals surface area contributed by atoms with Gasteiger partial charge in [-0.15, -0.1) is 0 Å². The lowest BCUT2D eigenvalue weighted by Gasteiger charge is -2.43. The fourth-order valence-electron chi connectivity index (χ4n) is 3.41. The van der Waals surface area contributed by atoms with Crippen LogP contribution in [0.15, 0.2) is 5.11 Å². The van der Waals surface area contributed by atoms with Gasteiger partial charge in [-0.2, -0.15) is 0 Å². The molecule has 1 amide bonds. The summed E-state index contributed by atoms with van der Waals surface area (Å²) in [7, 11) is 0. The quantitative estimate of drug-likeness (QED) is 0.0810. The Bertz CT molecular complexity index is 758. The van der Waals surface area contributed by atoms with Crippen LogP contribution in [0.25, 0.3) is 10.4 Å². The molecule has 14 nitrogen and oxygen atoms in total. The minimum Gasteiger partial charge on any atom is -0.456 e. The third-order valence-corrected chi connectivity index (χ3v) is 4.83. The fraction of sp³-hybridized carbons (Fsp3) is 0.810. The number of nitrogens with zero attached hydrogens (tertiary/aromatic N) is 3. The Labute approximate surface area is 203 Å². The van der Waals surface area contributed by atoms with Crippen molar-refractivity contribution in [3.8, 4) is 0 Å². The molecular weight excluding hydrogens is 468 g/mol. The van der Waals surface area contributed by atoms with Crippen LogP contribution in [-0.4, -0.2) is 85.9 Å².